The summed E-state index contributed by atoms with van der Waals surface area (Å²) in [5, 5.41) is 1.14. The van der Waals surface area contributed by atoms with E-state index in [2.05, 4.69) is 47.0 Å². The summed E-state index contributed by atoms with van der Waals surface area (Å²) in [7, 11) is 5.87. The zero-order chi connectivity index (χ0) is 18.3. The van der Waals surface area contributed by atoms with Gasteiger partial charge in [-0.25, -0.2) is 9.97 Å². The lowest BCUT2D eigenvalue weighted by atomic mass is 10.1. The molecule has 0 aliphatic carbocycles. The number of piperazine rings is 1. The van der Waals surface area contributed by atoms with Crippen LogP contribution in [0.2, 0.25) is 0 Å². The Morgan fingerprint density at radius 3 is 2.46 bits per heavy atom. The number of anilines is 1. The first kappa shape index (κ1) is 16.8. The Morgan fingerprint density at radius 1 is 1.04 bits per heavy atom. The first-order valence-electron chi connectivity index (χ1n) is 8.97. The van der Waals surface area contributed by atoms with Gasteiger partial charge in [-0.15, -0.1) is 0 Å². The molecular formula is C20H25N5O. The second-order valence-electron chi connectivity index (χ2n) is 7.02. The Labute approximate surface area is 154 Å². The van der Waals surface area contributed by atoms with Crippen molar-refractivity contribution >= 4 is 16.6 Å². The molecule has 0 amide bonds. The minimum absolute atomic E-state index is 0.815. The molecule has 6 heteroatoms. The van der Waals surface area contributed by atoms with Gasteiger partial charge < -0.3 is 19.1 Å². The van der Waals surface area contributed by atoms with Crippen LogP contribution in [0, 0.1) is 6.92 Å². The van der Waals surface area contributed by atoms with Gasteiger partial charge in [0.15, 0.2) is 5.82 Å². The summed E-state index contributed by atoms with van der Waals surface area (Å²) in [5.41, 5.74) is 4.15. The molecule has 3 heterocycles. The van der Waals surface area contributed by atoms with Crippen molar-refractivity contribution < 1.29 is 4.74 Å². The minimum atomic E-state index is 0.815. The third-order valence-corrected chi connectivity index (χ3v) is 5.21. The van der Waals surface area contributed by atoms with Gasteiger partial charge in [-0.2, -0.15) is 0 Å². The number of imidazole rings is 1. The number of likely N-dealkylation sites (N-methyl/N-ethyl adjacent to an activating group) is 1. The average Bonchev–Trinajstić information content (AvgIpc) is 3.07. The van der Waals surface area contributed by atoms with E-state index < -0.39 is 0 Å². The number of hydrogen-bond acceptors (Lipinski definition) is 5. The van der Waals surface area contributed by atoms with Crippen molar-refractivity contribution in [3.05, 3.63) is 36.2 Å². The number of aryl methyl sites for hydroxylation is 2. The standard InChI is InChI=1S/C20H25N5O/c1-14-11-17(20-21-5-6-24(20)3)22-19-16(14)12-15(13-18(19)26-4)25-9-7-23(2)8-10-25/h5-6,11-13H,7-10H2,1-4H3. The number of pyridine rings is 1. The summed E-state index contributed by atoms with van der Waals surface area (Å²) in [5.74, 6) is 1.68. The van der Waals surface area contributed by atoms with Gasteiger partial charge >= 0.3 is 0 Å². The van der Waals surface area contributed by atoms with E-state index in [9.17, 15) is 0 Å². The molecule has 1 aliphatic heterocycles. The summed E-state index contributed by atoms with van der Waals surface area (Å²) >= 11 is 0. The molecule has 3 aromatic rings. The largest absolute Gasteiger partial charge is 0.494 e. The van der Waals surface area contributed by atoms with Crippen LogP contribution in [0.25, 0.3) is 22.4 Å². The molecular weight excluding hydrogens is 326 g/mol. The molecule has 1 aliphatic rings. The fraction of sp³-hybridized carbons (Fsp3) is 0.400. The maximum atomic E-state index is 5.71. The van der Waals surface area contributed by atoms with Crippen molar-refractivity contribution in [1.29, 1.82) is 0 Å². The molecule has 0 atom stereocenters. The van der Waals surface area contributed by atoms with Crippen LogP contribution in [0.1, 0.15) is 5.56 Å². The highest BCUT2D eigenvalue weighted by molar-refractivity contribution is 5.92. The first-order valence-corrected chi connectivity index (χ1v) is 8.97. The smallest absolute Gasteiger partial charge is 0.158 e. The number of aromatic nitrogens is 3. The van der Waals surface area contributed by atoms with E-state index in [1.807, 2.05) is 17.8 Å². The average molecular weight is 351 g/mol. The molecule has 0 unspecified atom stereocenters. The summed E-state index contributed by atoms with van der Waals surface area (Å²) in [4.78, 5) is 14.1. The Morgan fingerprint density at radius 2 is 1.81 bits per heavy atom. The van der Waals surface area contributed by atoms with Gasteiger partial charge in [0, 0.05) is 62.8 Å². The van der Waals surface area contributed by atoms with E-state index in [1.54, 1.807) is 13.3 Å². The number of hydrogen-bond donors (Lipinski definition) is 0. The zero-order valence-corrected chi connectivity index (χ0v) is 15.9. The maximum absolute atomic E-state index is 5.71. The van der Waals surface area contributed by atoms with Crippen molar-refractivity contribution in [3.63, 3.8) is 0 Å². The molecule has 136 valence electrons. The third kappa shape index (κ3) is 2.90. The van der Waals surface area contributed by atoms with Gasteiger partial charge in [-0.05, 0) is 31.7 Å². The van der Waals surface area contributed by atoms with Crippen LogP contribution in [-0.4, -0.2) is 59.8 Å². The van der Waals surface area contributed by atoms with Crippen molar-refractivity contribution in [2.75, 3.05) is 45.2 Å². The number of fused-ring (bicyclic) bond motifs is 1. The molecule has 0 radical (unpaired) electrons. The van der Waals surface area contributed by atoms with Crippen LogP contribution in [-0.2, 0) is 7.05 Å². The predicted molar refractivity (Wildman–Crippen MR) is 105 cm³/mol. The summed E-state index contributed by atoms with van der Waals surface area (Å²) in [6, 6.07) is 6.47. The monoisotopic (exact) mass is 351 g/mol. The van der Waals surface area contributed by atoms with Gasteiger partial charge in [-0.3, -0.25) is 0 Å². The fourth-order valence-electron chi connectivity index (χ4n) is 3.57. The van der Waals surface area contributed by atoms with E-state index in [4.69, 9.17) is 9.72 Å². The van der Waals surface area contributed by atoms with Gasteiger partial charge in [0.2, 0.25) is 0 Å². The van der Waals surface area contributed by atoms with Crippen LogP contribution in [0.4, 0.5) is 5.69 Å². The molecule has 1 fully saturated rings. The molecule has 26 heavy (non-hydrogen) atoms. The third-order valence-electron chi connectivity index (χ3n) is 5.21. The second-order valence-corrected chi connectivity index (χ2v) is 7.02. The molecule has 0 saturated carbocycles. The zero-order valence-electron chi connectivity index (χ0n) is 15.9. The van der Waals surface area contributed by atoms with Crippen LogP contribution >= 0.6 is 0 Å². The highest BCUT2D eigenvalue weighted by Gasteiger charge is 2.18. The molecule has 4 rings (SSSR count). The number of methoxy groups -OCH3 is 1. The molecule has 1 saturated heterocycles. The van der Waals surface area contributed by atoms with Crippen molar-refractivity contribution in [3.8, 4) is 17.3 Å². The quantitative estimate of drug-likeness (QED) is 0.726. The van der Waals surface area contributed by atoms with Crippen molar-refractivity contribution in [2.24, 2.45) is 7.05 Å². The maximum Gasteiger partial charge on any atom is 0.158 e. The minimum Gasteiger partial charge on any atom is -0.494 e. The SMILES string of the molecule is COc1cc(N2CCN(C)CC2)cc2c(C)cc(-c3nccn3C)nc12. The van der Waals surface area contributed by atoms with Crippen LogP contribution in [0.5, 0.6) is 5.75 Å². The van der Waals surface area contributed by atoms with E-state index in [0.717, 1.165) is 54.3 Å². The summed E-state index contributed by atoms with van der Waals surface area (Å²) in [6.07, 6.45) is 3.73. The highest BCUT2D eigenvalue weighted by atomic mass is 16.5. The highest BCUT2D eigenvalue weighted by Crippen LogP contribution is 2.34. The molecule has 0 bridgehead atoms. The summed E-state index contributed by atoms with van der Waals surface area (Å²) < 4.78 is 7.70. The van der Waals surface area contributed by atoms with Crippen LogP contribution in [0.15, 0.2) is 30.6 Å². The Hall–Kier alpha value is -2.60. The molecule has 0 spiro atoms. The lowest BCUT2D eigenvalue weighted by Crippen LogP contribution is -2.44. The van der Waals surface area contributed by atoms with Gasteiger partial charge in [0.05, 0.1) is 7.11 Å². The van der Waals surface area contributed by atoms with E-state index in [-0.39, 0.29) is 0 Å². The van der Waals surface area contributed by atoms with E-state index in [1.165, 1.54) is 11.3 Å². The molecule has 6 nitrogen and oxygen atoms in total. The van der Waals surface area contributed by atoms with Gasteiger partial charge in [0.25, 0.3) is 0 Å². The first-order chi connectivity index (χ1) is 12.6. The van der Waals surface area contributed by atoms with E-state index >= 15 is 0 Å². The number of rotatable bonds is 3. The molecule has 0 N–H and O–H groups in total. The predicted octanol–water partition coefficient (Wildman–Crippen LogP) is 2.70. The number of nitrogens with zero attached hydrogens (tertiary/aromatic N) is 5. The van der Waals surface area contributed by atoms with Crippen molar-refractivity contribution in [2.45, 2.75) is 6.92 Å². The Kier molecular flexibility index (Phi) is 4.28. The van der Waals surface area contributed by atoms with Crippen LogP contribution < -0.4 is 9.64 Å². The lowest BCUT2D eigenvalue weighted by molar-refractivity contribution is 0.312. The Bertz CT molecular complexity index is 941. The van der Waals surface area contributed by atoms with Crippen molar-refractivity contribution in [1.82, 2.24) is 19.4 Å². The Balaban J connectivity index is 1.83. The topological polar surface area (TPSA) is 46.4 Å². The van der Waals surface area contributed by atoms with Gasteiger partial charge in [0.1, 0.15) is 17.0 Å². The molecule has 2 aromatic heterocycles. The fourth-order valence-corrected chi connectivity index (χ4v) is 3.57. The molecule has 1 aromatic carbocycles. The number of ether oxygens (including phenoxy) is 1. The van der Waals surface area contributed by atoms with Crippen LogP contribution in [0.3, 0.4) is 0 Å². The van der Waals surface area contributed by atoms with E-state index in [0.29, 0.717) is 0 Å². The number of benzene rings is 1. The summed E-state index contributed by atoms with van der Waals surface area (Å²) in [6.45, 7) is 6.35. The second kappa shape index (κ2) is 6.61. The normalized spacial score (nSPS) is 15.6. The lowest BCUT2D eigenvalue weighted by Gasteiger charge is -2.34. The van der Waals surface area contributed by atoms with Gasteiger partial charge in [-0.1, -0.05) is 0 Å².